The van der Waals surface area contributed by atoms with Crippen LogP contribution < -0.4 is 11.5 Å². The summed E-state index contributed by atoms with van der Waals surface area (Å²) in [4.78, 5) is 31.2. The Labute approximate surface area is 243 Å². The van der Waals surface area contributed by atoms with Crippen molar-refractivity contribution in [3.8, 4) is 0 Å². The average molecular weight is 551 g/mol. The molecule has 1 aliphatic rings. The zero-order valence-corrected chi connectivity index (χ0v) is 24.2. The molecule has 4 aromatic carbocycles. The monoisotopic (exact) mass is 550 g/mol. The lowest BCUT2D eigenvalue weighted by molar-refractivity contribution is -0.148. The molecule has 5 rings (SSSR count). The van der Waals surface area contributed by atoms with Gasteiger partial charge in [-0.2, -0.15) is 0 Å². The number of hydrogen-bond acceptors (Lipinski definition) is 4. The second-order valence-corrected chi connectivity index (χ2v) is 11.6. The van der Waals surface area contributed by atoms with Crippen molar-refractivity contribution >= 4 is 33.4 Å². The van der Waals surface area contributed by atoms with Gasteiger partial charge in [0.15, 0.2) is 0 Å². The minimum absolute atomic E-state index is 0.0429. The van der Waals surface area contributed by atoms with Crippen molar-refractivity contribution < 1.29 is 9.59 Å². The lowest BCUT2D eigenvalue weighted by atomic mass is 9.96. The Bertz CT molecular complexity index is 1520. The molecule has 1 heterocycles. The molecule has 0 radical (unpaired) electrons. The van der Waals surface area contributed by atoms with Crippen LogP contribution in [0.25, 0.3) is 21.5 Å². The highest BCUT2D eigenvalue weighted by Gasteiger charge is 2.39. The average Bonchev–Trinajstić information content (AvgIpc) is 2.99. The van der Waals surface area contributed by atoms with Crippen LogP contribution in [0, 0.1) is 0 Å². The molecule has 2 unspecified atom stereocenters. The SMILES string of the molecule is CCCC[C@H]1CN(C(=O)C(N)Cc2ccc3ccccc3c2)[C@H](C)CN1C(=O)C(N)Cc1ccc2ccccc2c1. The Morgan fingerprint density at radius 2 is 1.22 bits per heavy atom. The van der Waals surface area contributed by atoms with Crippen molar-refractivity contribution in [2.75, 3.05) is 13.1 Å². The molecule has 4 N–H and O–H groups in total. The first kappa shape index (κ1) is 28.8. The van der Waals surface area contributed by atoms with Crippen molar-refractivity contribution in [1.82, 2.24) is 9.80 Å². The van der Waals surface area contributed by atoms with Gasteiger partial charge in [-0.15, -0.1) is 0 Å². The van der Waals surface area contributed by atoms with Gasteiger partial charge in [0.2, 0.25) is 11.8 Å². The van der Waals surface area contributed by atoms with Crippen LogP contribution in [0.1, 0.15) is 44.2 Å². The number of carbonyl (C=O) groups excluding carboxylic acids is 2. The van der Waals surface area contributed by atoms with E-state index >= 15 is 0 Å². The number of hydrogen-bond donors (Lipinski definition) is 2. The van der Waals surface area contributed by atoms with Crippen LogP contribution >= 0.6 is 0 Å². The first-order chi connectivity index (χ1) is 19.8. The minimum atomic E-state index is -0.636. The normalized spacial score (nSPS) is 18.9. The Balaban J connectivity index is 1.26. The maximum Gasteiger partial charge on any atom is 0.240 e. The molecule has 41 heavy (non-hydrogen) atoms. The van der Waals surface area contributed by atoms with Gasteiger partial charge in [0.25, 0.3) is 0 Å². The number of rotatable bonds is 9. The van der Waals surface area contributed by atoms with E-state index in [1.165, 1.54) is 10.8 Å². The van der Waals surface area contributed by atoms with Crippen LogP contribution in [0.4, 0.5) is 0 Å². The van der Waals surface area contributed by atoms with E-state index < -0.39 is 12.1 Å². The first-order valence-corrected chi connectivity index (χ1v) is 14.9. The smallest absolute Gasteiger partial charge is 0.240 e. The quantitative estimate of drug-likeness (QED) is 0.305. The number of piperazine rings is 1. The molecule has 0 saturated carbocycles. The maximum atomic E-state index is 13.7. The fourth-order valence-electron chi connectivity index (χ4n) is 6.14. The molecule has 2 amide bonds. The van der Waals surface area contributed by atoms with Crippen molar-refractivity contribution in [2.45, 2.75) is 70.1 Å². The summed E-state index contributed by atoms with van der Waals surface area (Å²) in [7, 11) is 0. The summed E-state index contributed by atoms with van der Waals surface area (Å²) in [5.74, 6) is -0.0987. The van der Waals surface area contributed by atoms with Gasteiger partial charge in [0.05, 0.1) is 12.1 Å². The number of amides is 2. The maximum absolute atomic E-state index is 13.7. The molecular weight excluding hydrogens is 508 g/mol. The lowest BCUT2D eigenvalue weighted by Crippen LogP contribution is -2.64. The minimum Gasteiger partial charge on any atom is -0.335 e. The van der Waals surface area contributed by atoms with Crippen molar-refractivity contribution in [3.05, 3.63) is 96.1 Å². The van der Waals surface area contributed by atoms with Gasteiger partial charge in [0, 0.05) is 25.2 Å². The molecule has 0 aliphatic carbocycles. The first-order valence-electron chi connectivity index (χ1n) is 14.9. The largest absolute Gasteiger partial charge is 0.335 e. The van der Waals surface area contributed by atoms with Gasteiger partial charge in [-0.05, 0) is 58.9 Å². The van der Waals surface area contributed by atoms with Crippen LogP contribution in [0.3, 0.4) is 0 Å². The van der Waals surface area contributed by atoms with E-state index in [4.69, 9.17) is 11.5 Å². The molecule has 6 nitrogen and oxygen atoms in total. The van der Waals surface area contributed by atoms with E-state index in [1.807, 2.05) is 41.0 Å². The molecule has 0 bridgehead atoms. The van der Waals surface area contributed by atoms with E-state index in [1.54, 1.807) is 0 Å². The number of fused-ring (bicyclic) bond motifs is 2. The fourth-order valence-corrected chi connectivity index (χ4v) is 6.14. The predicted octanol–water partition coefficient (Wildman–Crippen LogP) is 5.05. The van der Waals surface area contributed by atoms with Crippen LogP contribution in [0.2, 0.25) is 0 Å². The molecule has 1 aliphatic heterocycles. The van der Waals surface area contributed by atoms with Gasteiger partial charge >= 0.3 is 0 Å². The van der Waals surface area contributed by atoms with Crippen molar-refractivity contribution in [1.29, 1.82) is 0 Å². The van der Waals surface area contributed by atoms with Crippen LogP contribution in [-0.4, -0.2) is 58.9 Å². The third kappa shape index (κ3) is 6.61. The van der Waals surface area contributed by atoms with Crippen molar-refractivity contribution in [3.63, 3.8) is 0 Å². The fraction of sp³-hybridized carbons (Fsp3) is 0.371. The molecule has 4 aromatic rings. The van der Waals surface area contributed by atoms with Gasteiger partial charge < -0.3 is 21.3 Å². The second-order valence-electron chi connectivity index (χ2n) is 11.6. The number of nitrogens with zero attached hydrogens (tertiary/aromatic N) is 2. The molecular formula is C35H42N4O2. The Hall–Kier alpha value is -3.74. The lowest BCUT2D eigenvalue weighted by Gasteiger charge is -2.47. The topological polar surface area (TPSA) is 92.7 Å². The Morgan fingerprint density at radius 1 is 0.732 bits per heavy atom. The highest BCUT2D eigenvalue weighted by molar-refractivity contribution is 5.87. The third-order valence-corrected chi connectivity index (χ3v) is 8.47. The molecule has 214 valence electrons. The van der Waals surface area contributed by atoms with E-state index in [2.05, 4.69) is 67.6 Å². The highest BCUT2D eigenvalue weighted by Crippen LogP contribution is 2.24. The third-order valence-electron chi connectivity index (χ3n) is 8.47. The summed E-state index contributed by atoms with van der Waals surface area (Å²) < 4.78 is 0. The Kier molecular flexibility index (Phi) is 9.01. The molecule has 1 saturated heterocycles. The summed E-state index contributed by atoms with van der Waals surface area (Å²) in [5, 5.41) is 4.63. The highest BCUT2D eigenvalue weighted by atomic mass is 16.2. The molecule has 4 atom stereocenters. The van der Waals surface area contributed by atoms with Crippen LogP contribution in [0.15, 0.2) is 84.9 Å². The van der Waals surface area contributed by atoms with Gasteiger partial charge in [-0.25, -0.2) is 0 Å². The molecule has 6 heteroatoms. The van der Waals surface area contributed by atoms with Crippen molar-refractivity contribution in [2.24, 2.45) is 11.5 Å². The predicted molar refractivity (Wildman–Crippen MR) is 167 cm³/mol. The second kappa shape index (κ2) is 12.8. The zero-order valence-electron chi connectivity index (χ0n) is 24.2. The molecule has 0 spiro atoms. The Morgan fingerprint density at radius 3 is 1.73 bits per heavy atom. The number of carbonyl (C=O) groups is 2. The summed E-state index contributed by atoms with van der Waals surface area (Å²) >= 11 is 0. The standard InChI is InChI=1S/C35H42N4O2/c1-3-4-13-31-23-38(34(40)32(36)20-25-14-16-27-9-5-7-11-29(27)18-25)24(2)22-39(31)35(41)33(37)21-26-15-17-28-10-6-8-12-30(28)19-26/h5-12,14-19,24,31-33H,3-4,13,20-23,36-37H2,1-2H3/t24-,31+,32?,33?/m1/s1. The number of unbranched alkanes of at least 4 members (excludes halogenated alkanes) is 1. The van der Waals surface area contributed by atoms with E-state index in [-0.39, 0.29) is 23.9 Å². The van der Waals surface area contributed by atoms with E-state index in [9.17, 15) is 9.59 Å². The van der Waals surface area contributed by atoms with Gasteiger partial charge in [-0.3, -0.25) is 9.59 Å². The summed E-state index contributed by atoms with van der Waals surface area (Å²) in [5.41, 5.74) is 15.1. The van der Waals surface area contributed by atoms with Crippen LogP contribution in [-0.2, 0) is 22.4 Å². The number of nitrogens with two attached hydrogens (primary N) is 2. The van der Waals surface area contributed by atoms with Gasteiger partial charge in [0.1, 0.15) is 0 Å². The summed E-state index contributed by atoms with van der Waals surface area (Å²) in [6.45, 7) is 5.10. The van der Waals surface area contributed by atoms with Crippen LogP contribution in [0.5, 0.6) is 0 Å². The molecule has 0 aromatic heterocycles. The van der Waals surface area contributed by atoms with E-state index in [0.717, 1.165) is 41.2 Å². The zero-order chi connectivity index (χ0) is 28.9. The van der Waals surface area contributed by atoms with E-state index in [0.29, 0.717) is 25.9 Å². The molecule has 1 fully saturated rings. The number of benzene rings is 4. The van der Waals surface area contributed by atoms with Gasteiger partial charge in [-0.1, -0.05) is 105 Å². The summed E-state index contributed by atoms with van der Waals surface area (Å²) in [6, 6.07) is 27.4. The summed E-state index contributed by atoms with van der Waals surface area (Å²) in [6.07, 6.45) is 3.79.